The van der Waals surface area contributed by atoms with Crippen molar-refractivity contribution in [3.8, 4) is 17.2 Å². The number of benzene rings is 2. The normalized spacial score (nSPS) is 15.2. The zero-order valence-electron chi connectivity index (χ0n) is 14.8. The smallest absolute Gasteiger partial charge is 0.361 e. The molecule has 8 heteroatoms. The SMILES string of the molecule is COc1ccc(C(=O)C2=C3C(=O)Oc4ccccc4N3C(=O)C2=O)cc1OC. The van der Waals surface area contributed by atoms with Crippen molar-refractivity contribution in [2.45, 2.75) is 0 Å². The number of methoxy groups -OCH3 is 2. The fourth-order valence-electron chi connectivity index (χ4n) is 3.16. The molecule has 1 amide bonds. The van der Waals surface area contributed by atoms with Crippen LogP contribution < -0.4 is 19.1 Å². The van der Waals surface area contributed by atoms with Gasteiger partial charge >= 0.3 is 11.9 Å². The van der Waals surface area contributed by atoms with E-state index in [1.54, 1.807) is 12.1 Å². The maximum absolute atomic E-state index is 13.0. The Kier molecular flexibility index (Phi) is 3.96. The lowest BCUT2D eigenvalue weighted by atomic mass is 9.99. The van der Waals surface area contributed by atoms with Crippen molar-refractivity contribution in [3.63, 3.8) is 0 Å². The Morgan fingerprint density at radius 3 is 2.39 bits per heavy atom. The summed E-state index contributed by atoms with van der Waals surface area (Å²) in [6, 6.07) is 10.6. The Hall–Kier alpha value is -3.94. The minimum absolute atomic E-state index is 0.0646. The van der Waals surface area contributed by atoms with Crippen LogP contribution in [-0.2, 0) is 14.4 Å². The van der Waals surface area contributed by atoms with Crippen LogP contribution in [0.4, 0.5) is 5.69 Å². The van der Waals surface area contributed by atoms with Crippen LogP contribution in [0.3, 0.4) is 0 Å². The molecule has 2 aliphatic heterocycles. The third-order valence-electron chi connectivity index (χ3n) is 4.46. The fraction of sp³-hybridized carbons (Fsp3) is 0.100. The summed E-state index contributed by atoms with van der Waals surface area (Å²) in [5, 5.41) is 0. The van der Waals surface area contributed by atoms with Gasteiger partial charge in [0, 0.05) is 5.56 Å². The van der Waals surface area contributed by atoms with Gasteiger partial charge in [0.25, 0.3) is 5.78 Å². The number of ketones is 2. The van der Waals surface area contributed by atoms with Gasteiger partial charge in [-0.3, -0.25) is 19.3 Å². The Bertz CT molecular complexity index is 1100. The number of hydrogen-bond donors (Lipinski definition) is 0. The first-order valence-electron chi connectivity index (χ1n) is 8.19. The molecule has 0 N–H and O–H groups in total. The zero-order valence-corrected chi connectivity index (χ0v) is 14.8. The number of ether oxygens (including phenoxy) is 3. The lowest BCUT2D eigenvalue weighted by molar-refractivity contribution is -0.133. The van der Waals surface area contributed by atoms with E-state index in [0.717, 1.165) is 4.90 Å². The van der Waals surface area contributed by atoms with E-state index in [0.29, 0.717) is 5.75 Å². The predicted octanol–water partition coefficient (Wildman–Crippen LogP) is 1.68. The monoisotopic (exact) mass is 379 g/mol. The summed E-state index contributed by atoms with van der Waals surface area (Å²) in [5.41, 5.74) is -0.620. The first kappa shape index (κ1) is 17.5. The van der Waals surface area contributed by atoms with Crippen molar-refractivity contribution >= 4 is 29.1 Å². The van der Waals surface area contributed by atoms with Crippen molar-refractivity contribution < 1.29 is 33.4 Å². The Morgan fingerprint density at radius 2 is 1.68 bits per heavy atom. The van der Waals surface area contributed by atoms with Crippen LogP contribution in [0.1, 0.15) is 10.4 Å². The summed E-state index contributed by atoms with van der Waals surface area (Å²) in [6.45, 7) is 0. The molecular formula is C20H13NO7. The molecule has 0 bridgehead atoms. The lowest BCUT2D eigenvalue weighted by Gasteiger charge is -2.25. The van der Waals surface area contributed by atoms with Gasteiger partial charge in [0.2, 0.25) is 0 Å². The summed E-state index contributed by atoms with van der Waals surface area (Å²) in [5.74, 6) is -2.99. The third-order valence-corrected chi connectivity index (χ3v) is 4.46. The average Bonchev–Trinajstić information content (AvgIpc) is 2.99. The average molecular weight is 379 g/mol. The minimum Gasteiger partial charge on any atom is -0.493 e. The van der Waals surface area contributed by atoms with Crippen molar-refractivity contribution in [3.05, 3.63) is 59.3 Å². The fourth-order valence-corrected chi connectivity index (χ4v) is 3.16. The van der Waals surface area contributed by atoms with Gasteiger partial charge in [0.1, 0.15) is 5.57 Å². The van der Waals surface area contributed by atoms with E-state index in [4.69, 9.17) is 14.2 Å². The topological polar surface area (TPSA) is 99.2 Å². The predicted molar refractivity (Wildman–Crippen MR) is 95.5 cm³/mol. The maximum atomic E-state index is 13.0. The summed E-state index contributed by atoms with van der Waals surface area (Å²) in [4.78, 5) is 51.6. The second kappa shape index (κ2) is 6.34. The number of hydrogen-bond acceptors (Lipinski definition) is 7. The third kappa shape index (κ3) is 2.38. The molecular weight excluding hydrogens is 366 g/mol. The number of carbonyl (C=O) groups excluding carboxylic acids is 4. The quantitative estimate of drug-likeness (QED) is 0.262. The van der Waals surface area contributed by atoms with Gasteiger partial charge in [-0.15, -0.1) is 0 Å². The summed E-state index contributed by atoms with van der Waals surface area (Å²) >= 11 is 0. The molecule has 4 rings (SSSR count). The highest BCUT2D eigenvalue weighted by Crippen LogP contribution is 2.41. The lowest BCUT2D eigenvalue weighted by Crippen LogP contribution is -2.36. The number of rotatable bonds is 4. The number of fused-ring (bicyclic) bond motifs is 3. The van der Waals surface area contributed by atoms with E-state index in [-0.39, 0.29) is 28.4 Å². The number of esters is 1. The molecule has 2 aromatic rings. The molecule has 28 heavy (non-hydrogen) atoms. The Labute approximate surface area is 158 Å². The minimum atomic E-state index is -1.07. The number of nitrogens with zero attached hydrogens (tertiary/aromatic N) is 1. The Balaban J connectivity index is 1.86. The Morgan fingerprint density at radius 1 is 0.964 bits per heavy atom. The van der Waals surface area contributed by atoms with E-state index in [1.807, 2.05) is 0 Å². The van der Waals surface area contributed by atoms with Crippen LogP contribution in [0.5, 0.6) is 17.2 Å². The van der Waals surface area contributed by atoms with Gasteiger partial charge in [-0.25, -0.2) is 4.79 Å². The number of para-hydroxylation sites is 2. The molecule has 0 atom stereocenters. The van der Waals surface area contributed by atoms with E-state index in [1.165, 1.54) is 44.6 Å². The van der Waals surface area contributed by atoms with Gasteiger partial charge < -0.3 is 14.2 Å². The molecule has 0 aromatic heterocycles. The molecule has 140 valence electrons. The highest BCUT2D eigenvalue weighted by atomic mass is 16.5. The molecule has 0 fully saturated rings. The number of amides is 1. The van der Waals surface area contributed by atoms with E-state index in [2.05, 4.69) is 0 Å². The number of anilines is 1. The molecule has 0 radical (unpaired) electrons. The molecule has 0 unspecified atom stereocenters. The van der Waals surface area contributed by atoms with Crippen molar-refractivity contribution in [2.24, 2.45) is 0 Å². The van der Waals surface area contributed by atoms with Crippen molar-refractivity contribution in [2.75, 3.05) is 19.1 Å². The molecule has 0 saturated heterocycles. The highest BCUT2D eigenvalue weighted by molar-refractivity contribution is 6.59. The summed E-state index contributed by atoms with van der Waals surface area (Å²) in [7, 11) is 2.84. The van der Waals surface area contributed by atoms with Crippen LogP contribution in [0.2, 0.25) is 0 Å². The van der Waals surface area contributed by atoms with Crippen molar-refractivity contribution in [1.29, 1.82) is 0 Å². The molecule has 2 aromatic carbocycles. The standard InChI is InChI=1S/C20H13NO7/c1-26-13-8-7-10(9-14(13)27-2)17(22)15-16-20(25)28-12-6-4-3-5-11(12)21(16)19(24)18(15)23/h3-9H,1-2H3. The van der Waals surface area contributed by atoms with Crippen LogP contribution in [0.15, 0.2) is 53.7 Å². The summed E-state index contributed by atoms with van der Waals surface area (Å²) in [6.07, 6.45) is 0. The first-order chi connectivity index (χ1) is 13.5. The molecule has 0 saturated carbocycles. The maximum Gasteiger partial charge on any atom is 0.361 e. The van der Waals surface area contributed by atoms with Crippen LogP contribution in [-0.4, -0.2) is 37.7 Å². The molecule has 0 aliphatic carbocycles. The van der Waals surface area contributed by atoms with Crippen molar-refractivity contribution in [1.82, 2.24) is 0 Å². The first-order valence-corrected chi connectivity index (χ1v) is 8.19. The second-order valence-electron chi connectivity index (χ2n) is 5.95. The molecule has 8 nitrogen and oxygen atoms in total. The second-order valence-corrected chi connectivity index (χ2v) is 5.95. The number of Topliss-reactive ketones (excluding diaryl/α,β-unsaturated/α-hetero) is 2. The summed E-state index contributed by atoms with van der Waals surface area (Å²) < 4.78 is 15.5. The zero-order chi connectivity index (χ0) is 20.0. The van der Waals surface area contributed by atoms with Crippen LogP contribution >= 0.6 is 0 Å². The van der Waals surface area contributed by atoms with Gasteiger partial charge in [0.15, 0.2) is 28.7 Å². The largest absolute Gasteiger partial charge is 0.493 e. The number of carbonyl (C=O) groups is 4. The van der Waals surface area contributed by atoms with E-state index >= 15 is 0 Å². The van der Waals surface area contributed by atoms with Crippen LogP contribution in [0.25, 0.3) is 0 Å². The van der Waals surface area contributed by atoms with E-state index < -0.39 is 29.0 Å². The van der Waals surface area contributed by atoms with Crippen LogP contribution in [0, 0.1) is 0 Å². The molecule has 0 spiro atoms. The van der Waals surface area contributed by atoms with Gasteiger partial charge in [-0.2, -0.15) is 0 Å². The molecule has 2 aliphatic rings. The van der Waals surface area contributed by atoms with E-state index in [9.17, 15) is 19.2 Å². The van der Waals surface area contributed by atoms with Gasteiger partial charge in [-0.05, 0) is 30.3 Å². The highest BCUT2D eigenvalue weighted by Gasteiger charge is 2.49. The van der Waals surface area contributed by atoms with Gasteiger partial charge in [0.05, 0.1) is 19.9 Å². The molecule has 2 heterocycles. The van der Waals surface area contributed by atoms with Gasteiger partial charge in [-0.1, -0.05) is 12.1 Å².